The zero-order valence-corrected chi connectivity index (χ0v) is 13.9. The minimum Gasteiger partial charge on any atom is -0.298 e. The standard InChI is InChI=1S/C24H18O/c25-24-16-5-6-17(24)23-21-11-20(22(16)23)18-9-14-7-12-3-1-2-4-13(12)8-15(14)10-19(18)21/h1-10,16-17,20-23H,11H2/t16-,17+,20-,21+,22-,23+. The van der Waals surface area contributed by atoms with Crippen molar-refractivity contribution in [3.63, 3.8) is 0 Å². The van der Waals surface area contributed by atoms with Crippen LogP contribution in [0.2, 0.25) is 0 Å². The van der Waals surface area contributed by atoms with E-state index in [2.05, 4.69) is 60.7 Å². The van der Waals surface area contributed by atoms with Crippen molar-refractivity contribution in [2.45, 2.75) is 18.3 Å². The van der Waals surface area contributed by atoms with Gasteiger partial charge in [0.15, 0.2) is 0 Å². The molecule has 4 aliphatic rings. The van der Waals surface area contributed by atoms with E-state index in [1.54, 1.807) is 11.1 Å². The average molecular weight is 322 g/mol. The Morgan fingerprint density at radius 3 is 1.72 bits per heavy atom. The van der Waals surface area contributed by atoms with Gasteiger partial charge in [-0.2, -0.15) is 0 Å². The first-order chi connectivity index (χ1) is 12.3. The fourth-order valence-electron chi connectivity index (χ4n) is 6.73. The van der Waals surface area contributed by atoms with E-state index in [1.807, 2.05) is 0 Å². The second-order valence-corrected chi connectivity index (χ2v) is 8.47. The molecule has 4 bridgehead atoms. The topological polar surface area (TPSA) is 17.1 Å². The molecule has 120 valence electrons. The lowest BCUT2D eigenvalue weighted by Gasteiger charge is -2.32. The molecule has 7 rings (SSSR count). The van der Waals surface area contributed by atoms with Crippen molar-refractivity contribution < 1.29 is 4.79 Å². The predicted octanol–water partition coefficient (Wildman–Crippen LogP) is 5.19. The van der Waals surface area contributed by atoms with Crippen molar-refractivity contribution in [2.24, 2.45) is 23.7 Å². The van der Waals surface area contributed by atoms with Gasteiger partial charge in [0.25, 0.3) is 0 Å². The lowest BCUT2D eigenvalue weighted by Crippen LogP contribution is -2.25. The Labute approximate surface area is 146 Å². The molecule has 3 aromatic rings. The molecule has 0 unspecified atom stereocenters. The molecule has 0 saturated heterocycles. The average Bonchev–Trinajstić information content (AvgIpc) is 3.36. The summed E-state index contributed by atoms with van der Waals surface area (Å²) in [7, 11) is 0. The lowest BCUT2D eigenvalue weighted by molar-refractivity contribution is -0.121. The molecule has 2 fully saturated rings. The Hall–Kier alpha value is -2.41. The molecule has 0 amide bonds. The SMILES string of the molecule is O=C1[C@H]2C=C[C@@H]1[C@H]1[C@@H]2[C@H]2C[C@@H]1c1cc3cc4ccccc4cc3cc12. The summed E-state index contributed by atoms with van der Waals surface area (Å²) in [5.74, 6) is 3.30. The highest BCUT2D eigenvalue weighted by Crippen LogP contribution is 2.68. The summed E-state index contributed by atoms with van der Waals surface area (Å²) in [5.41, 5.74) is 3.09. The van der Waals surface area contributed by atoms with E-state index in [0.717, 1.165) is 0 Å². The van der Waals surface area contributed by atoms with Crippen LogP contribution in [0.15, 0.2) is 60.7 Å². The number of benzene rings is 3. The fourth-order valence-corrected chi connectivity index (χ4v) is 6.73. The Kier molecular flexibility index (Phi) is 2.08. The zero-order valence-electron chi connectivity index (χ0n) is 13.9. The first-order valence-corrected chi connectivity index (χ1v) is 9.48. The highest BCUT2D eigenvalue weighted by molar-refractivity contribution is 5.99. The minimum atomic E-state index is 0.213. The number of allylic oxidation sites excluding steroid dienone is 2. The van der Waals surface area contributed by atoms with Crippen molar-refractivity contribution in [1.82, 2.24) is 0 Å². The van der Waals surface area contributed by atoms with Crippen molar-refractivity contribution >= 4 is 27.3 Å². The molecule has 25 heavy (non-hydrogen) atoms. The molecule has 0 aromatic heterocycles. The van der Waals surface area contributed by atoms with Gasteiger partial charge in [-0.05, 0) is 74.9 Å². The summed E-state index contributed by atoms with van der Waals surface area (Å²) < 4.78 is 0. The monoisotopic (exact) mass is 322 g/mol. The van der Waals surface area contributed by atoms with Crippen LogP contribution in [0.4, 0.5) is 0 Å². The fraction of sp³-hybridized carbons (Fsp3) is 0.292. The number of rotatable bonds is 0. The Balaban J connectivity index is 1.47. The summed E-state index contributed by atoms with van der Waals surface area (Å²) in [6.45, 7) is 0. The van der Waals surface area contributed by atoms with Crippen LogP contribution in [0.25, 0.3) is 21.5 Å². The molecule has 0 heterocycles. The Morgan fingerprint density at radius 1 is 0.680 bits per heavy atom. The zero-order chi connectivity index (χ0) is 16.3. The minimum absolute atomic E-state index is 0.213. The Bertz CT molecular complexity index is 1050. The predicted molar refractivity (Wildman–Crippen MR) is 99.7 cm³/mol. The molecule has 0 aliphatic heterocycles. The molecule has 0 spiro atoms. The maximum absolute atomic E-state index is 12.6. The molecule has 4 aliphatic carbocycles. The van der Waals surface area contributed by atoms with E-state index >= 15 is 0 Å². The second-order valence-electron chi connectivity index (χ2n) is 8.47. The van der Waals surface area contributed by atoms with E-state index in [9.17, 15) is 4.79 Å². The highest BCUT2D eigenvalue weighted by Gasteiger charge is 2.63. The van der Waals surface area contributed by atoms with Gasteiger partial charge in [0, 0.05) is 11.8 Å². The smallest absolute Gasteiger partial charge is 0.147 e. The number of ketones is 1. The van der Waals surface area contributed by atoms with Crippen LogP contribution >= 0.6 is 0 Å². The summed E-state index contributed by atoms with van der Waals surface area (Å²) in [6, 6.07) is 18.2. The van der Waals surface area contributed by atoms with Crippen LogP contribution in [0.3, 0.4) is 0 Å². The number of fused-ring (bicyclic) bond motifs is 14. The van der Waals surface area contributed by atoms with Gasteiger partial charge in [0.2, 0.25) is 0 Å². The van der Waals surface area contributed by atoms with Gasteiger partial charge in [0.1, 0.15) is 5.78 Å². The number of carbonyl (C=O) groups is 1. The molecule has 0 N–H and O–H groups in total. The normalized spacial score (nSPS) is 36.6. The van der Waals surface area contributed by atoms with Crippen LogP contribution in [-0.2, 0) is 4.79 Å². The maximum atomic E-state index is 12.6. The molecular weight excluding hydrogens is 304 g/mol. The maximum Gasteiger partial charge on any atom is 0.147 e. The van der Waals surface area contributed by atoms with Gasteiger partial charge in [0.05, 0.1) is 0 Å². The third kappa shape index (κ3) is 1.38. The quantitative estimate of drug-likeness (QED) is 0.316. The van der Waals surface area contributed by atoms with E-state index in [4.69, 9.17) is 0 Å². The third-order valence-electron chi connectivity index (χ3n) is 7.60. The van der Waals surface area contributed by atoms with E-state index in [-0.39, 0.29) is 11.8 Å². The van der Waals surface area contributed by atoms with E-state index in [0.29, 0.717) is 29.5 Å². The van der Waals surface area contributed by atoms with Gasteiger partial charge in [-0.15, -0.1) is 0 Å². The van der Waals surface area contributed by atoms with Gasteiger partial charge < -0.3 is 0 Å². The van der Waals surface area contributed by atoms with E-state index in [1.165, 1.54) is 28.0 Å². The number of hydrogen-bond donors (Lipinski definition) is 0. The van der Waals surface area contributed by atoms with Crippen LogP contribution in [0.1, 0.15) is 29.4 Å². The van der Waals surface area contributed by atoms with Gasteiger partial charge in [-0.25, -0.2) is 0 Å². The summed E-state index contributed by atoms with van der Waals surface area (Å²) in [6.07, 6.45) is 5.69. The number of carbonyl (C=O) groups excluding carboxylic acids is 1. The Morgan fingerprint density at radius 2 is 1.20 bits per heavy atom. The number of Topliss-reactive ketones (excluding diaryl/α,β-unsaturated/α-hetero) is 1. The molecule has 6 atom stereocenters. The number of hydrogen-bond acceptors (Lipinski definition) is 1. The first-order valence-electron chi connectivity index (χ1n) is 9.48. The summed E-state index contributed by atoms with van der Waals surface area (Å²) in [5, 5.41) is 5.33. The lowest BCUT2D eigenvalue weighted by atomic mass is 9.70. The van der Waals surface area contributed by atoms with Crippen molar-refractivity contribution in [3.05, 3.63) is 71.8 Å². The molecular formula is C24H18O. The highest BCUT2D eigenvalue weighted by atomic mass is 16.1. The van der Waals surface area contributed by atoms with Gasteiger partial charge in [-0.3, -0.25) is 4.79 Å². The third-order valence-corrected chi connectivity index (χ3v) is 7.60. The van der Waals surface area contributed by atoms with Crippen molar-refractivity contribution in [1.29, 1.82) is 0 Å². The molecule has 3 aromatic carbocycles. The molecule has 1 nitrogen and oxygen atoms in total. The van der Waals surface area contributed by atoms with Crippen LogP contribution in [0.5, 0.6) is 0 Å². The molecule has 0 radical (unpaired) electrons. The molecule has 2 saturated carbocycles. The van der Waals surface area contributed by atoms with Crippen LogP contribution in [-0.4, -0.2) is 5.78 Å². The second kappa shape index (κ2) is 4.04. The largest absolute Gasteiger partial charge is 0.298 e. The summed E-state index contributed by atoms with van der Waals surface area (Å²) in [4.78, 5) is 12.6. The van der Waals surface area contributed by atoms with Crippen molar-refractivity contribution in [2.75, 3.05) is 0 Å². The van der Waals surface area contributed by atoms with Crippen LogP contribution < -0.4 is 0 Å². The first kappa shape index (κ1) is 12.9. The van der Waals surface area contributed by atoms with E-state index < -0.39 is 0 Å². The summed E-state index contributed by atoms with van der Waals surface area (Å²) >= 11 is 0. The van der Waals surface area contributed by atoms with Crippen LogP contribution in [0, 0.1) is 23.7 Å². The van der Waals surface area contributed by atoms with Gasteiger partial charge in [-0.1, -0.05) is 48.6 Å². The molecule has 1 heteroatoms. The van der Waals surface area contributed by atoms with Gasteiger partial charge >= 0.3 is 0 Å². The van der Waals surface area contributed by atoms with Crippen molar-refractivity contribution in [3.8, 4) is 0 Å².